The summed E-state index contributed by atoms with van der Waals surface area (Å²) in [6.07, 6.45) is 0. The van der Waals surface area contributed by atoms with Crippen LogP contribution < -0.4 is 0 Å². The van der Waals surface area contributed by atoms with Crippen molar-refractivity contribution in [2.45, 2.75) is 13.8 Å². The molecule has 0 aliphatic carbocycles. The van der Waals surface area contributed by atoms with Crippen molar-refractivity contribution in [3.63, 3.8) is 0 Å². The van der Waals surface area contributed by atoms with Crippen molar-refractivity contribution in [2.24, 2.45) is 0 Å². The Morgan fingerprint density at radius 3 is 2.45 bits per heavy atom. The van der Waals surface area contributed by atoms with Gasteiger partial charge < -0.3 is 0 Å². The average Bonchev–Trinajstić information content (AvgIpc) is 1.94. The standard InChI is InChI=1S/C9H9FI/c1-6(2)8-5-7(10)3-4-9(8)11/h3-5H,1-2H3. The molecule has 0 unspecified atom stereocenters. The summed E-state index contributed by atoms with van der Waals surface area (Å²) in [6, 6.07) is 4.84. The van der Waals surface area contributed by atoms with Crippen LogP contribution in [0.25, 0.3) is 0 Å². The van der Waals surface area contributed by atoms with Crippen LogP contribution in [0, 0.1) is 15.3 Å². The van der Waals surface area contributed by atoms with Crippen molar-refractivity contribution in [1.29, 1.82) is 0 Å². The van der Waals surface area contributed by atoms with E-state index >= 15 is 0 Å². The molecule has 0 saturated heterocycles. The van der Waals surface area contributed by atoms with Gasteiger partial charge in [-0.05, 0) is 52.3 Å². The molecule has 0 spiro atoms. The van der Waals surface area contributed by atoms with Crippen molar-refractivity contribution in [2.75, 3.05) is 0 Å². The van der Waals surface area contributed by atoms with Crippen molar-refractivity contribution < 1.29 is 4.39 Å². The van der Waals surface area contributed by atoms with Crippen LogP contribution in [0.1, 0.15) is 19.4 Å². The molecule has 1 rings (SSSR count). The van der Waals surface area contributed by atoms with E-state index in [2.05, 4.69) is 22.6 Å². The molecule has 1 aromatic rings. The summed E-state index contributed by atoms with van der Waals surface area (Å²) < 4.78 is 13.8. The molecular weight excluding hydrogens is 254 g/mol. The Labute approximate surface area is 80.0 Å². The Kier molecular flexibility index (Phi) is 2.87. The predicted molar refractivity (Wildman–Crippen MR) is 52.8 cm³/mol. The van der Waals surface area contributed by atoms with Gasteiger partial charge in [0.1, 0.15) is 5.82 Å². The fourth-order valence-corrected chi connectivity index (χ4v) is 1.76. The van der Waals surface area contributed by atoms with Gasteiger partial charge in [-0.15, -0.1) is 0 Å². The van der Waals surface area contributed by atoms with E-state index in [1.165, 1.54) is 6.07 Å². The highest BCUT2D eigenvalue weighted by Gasteiger charge is 2.05. The van der Waals surface area contributed by atoms with Crippen LogP contribution in [0.5, 0.6) is 0 Å². The lowest BCUT2D eigenvalue weighted by molar-refractivity contribution is 0.625. The monoisotopic (exact) mass is 263 g/mol. The third-order valence-electron chi connectivity index (χ3n) is 1.47. The molecule has 0 N–H and O–H groups in total. The zero-order valence-electron chi connectivity index (χ0n) is 6.49. The van der Waals surface area contributed by atoms with Crippen molar-refractivity contribution in [3.8, 4) is 0 Å². The molecule has 0 saturated carbocycles. The van der Waals surface area contributed by atoms with Crippen LogP contribution in [0.3, 0.4) is 0 Å². The van der Waals surface area contributed by atoms with E-state index < -0.39 is 0 Å². The van der Waals surface area contributed by atoms with Gasteiger partial charge in [-0.3, -0.25) is 0 Å². The summed E-state index contributed by atoms with van der Waals surface area (Å²) >= 11 is 2.20. The quantitative estimate of drug-likeness (QED) is 0.681. The third-order valence-corrected chi connectivity index (χ3v) is 2.41. The van der Waals surface area contributed by atoms with Gasteiger partial charge >= 0.3 is 0 Å². The maximum absolute atomic E-state index is 12.7. The molecule has 2 heteroatoms. The maximum atomic E-state index is 12.7. The zero-order chi connectivity index (χ0) is 8.43. The van der Waals surface area contributed by atoms with Crippen LogP contribution >= 0.6 is 22.6 Å². The van der Waals surface area contributed by atoms with Gasteiger partial charge in [0.15, 0.2) is 0 Å². The van der Waals surface area contributed by atoms with E-state index in [4.69, 9.17) is 0 Å². The highest BCUT2D eigenvalue weighted by molar-refractivity contribution is 14.1. The average molecular weight is 263 g/mol. The summed E-state index contributed by atoms with van der Waals surface area (Å²) in [5.74, 6) is 0.982. The number of rotatable bonds is 1. The lowest BCUT2D eigenvalue weighted by Gasteiger charge is -2.06. The van der Waals surface area contributed by atoms with E-state index in [9.17, 15) is 4.39 Å². The summed E-state index contributed by atoms with van der Waals surface area (Å²) in [6.45, 7) is 3.97. The normalized spacial score (nSPS) is 10.6. The molecule has 0 aliphatic heterocycles. The number of hydrogen-bond donors (Lipinski definition) is 0. The van der Waals surface area contributed by atoms with Crippen molar-refractivity contribution >= 4 is 22.6 Å². The first kappa shape index (κ1) is 8.97. The number of halogens is 2. The first-order valence-electron chi connectivity index (χ1n) is 3.37. The first-order valence-corrected chi connectivity index (χ1v) is 4.44. The van der Waals surface area contributed by atoms with Gasteiger partial charge in [-0.25, -0.2) is 4.39 Å². The molecule has 0 heterocycles. The topological polar surface area (TPSA) is 0 Å². The van der Waals surface area contributed by atoms with Gasteiger partial charge in [0.05, 0.1) is 0 Å². The van der Waals surface area contributed by atoms with Gasteiger partial charge in [0, 0.05) is 3.57 Å². The van der Waals surface area contributed by atoms with E-state index in [0.717, 1.165) is 15.1 Å². The Morgan fingerprint density at radius 1 is 1.36 bits per heavy atom. The van der Waals surface area contributed by atoms with E-state index in [1.54, 1.807) is 12.1 Å². The molecule has 1 aromatic carbocycles. The second kappa shape index (κ2) is 3.52. The minimum absolute atomic E-state index is 0.165. The predicted octanol–water partition coefficient (Wildman–Crippen LogP) is 3.39. The van der Waals surface area contributed by atoms with Crippen LogP contribution in [0.15, 0.2) is 18.2 Å². The lowest BCUT2D eigenvalue weighted by Crippen LogP contribution is -1.93. The second-order valence-electron chi connectivity index (χ2n) is 2.62. The third kappa shape index (κ3) is 2.15. The zero-order valence-corrected chi connectivity index (χ0v) is 8.65. The summed E-state index contributed by atoms with van der Waals surface area (Å²) in [4.78, 5) is 0. The highest BCUT2D eigenvalue weighted by atomic mass is 127. The molecule has 0 nitrogen and oxygen atoms in total. The minimum Gasteiger partial charge on any atom is -0.207 e. The van der Waals surface area contributed by atoms with Gasteiger partial charge in [0.2, 0.25) is 0 Å². The first-order chi connectivity index (χ1) is 5.11. The summed E-state index contributed by atoms with van der Waals surface area (Å²) in [5.41, 5.74) is 1.01. The molecule has 11 heavy (non-hydrogen) atoms. The molecule has 0 fully saturated rings. The van der Waals surface area contributed by atoms with Crippen LogP contribution in [0.2, 0.25) is 0 Å². The minimum atomic E-state index is -0.165. The Bertz CT molecular complexity index is 256. The van der Waals surface area contributed by atoms with E-state index in [0.29, 0.717) is 0 Å². The lowest BCUT2D eigenvalue weighted by atomic mass is 10.0. The molecule has 0 aliphatic rings. The molecule has 59 valence electrons. The molecule has 0 atom stereocenters. The molecule has 0 aromatic heterocycles. The Morgan fingerprint density at radius 2 is 2.00 bits per heavy atom. The van der Waals surface area contributed by atoms with Gasteiger partial charge in [-0.1, -0.05) is 13.8 Å². The smallest absolute Gasteiger partial charge is 0.123 e. The van der Waals surface area contributed by atoms with Gasteiger partial charge in [0.25, 0.3) is 0 Å². The molecular formula is C9H9FI. The van der Waals surface area contributed by atoms with Crippen LogP contribution in [-0.2, 0) is 0 Å². The SMILES string of the molecule is C[C](C)c1cc(F)ccc1I. The maximum Gasteiger partial charge on any atom is 0.123 e. The number of benzene rings is 1. The van der Waals surface area contributed by atoms with Crippen molar-refractivity contribution in [1.82, 2.24) is 0 Å². The fraction of sp³-hybridized carbons (Fsp3) is 0.222. The van der Waals surface area contributed by atoms with Gasteiger partial charge in [-0.2, -0.15) is 0 Å². The van der Waals surface area contributed by atoms with Crippen molar-refractivity contribution in [3.05, 3.63) is 39.1 Å². The largest absolute Gasteiger partial charge is 0.207 e. The fourth-order valence-electron chi connectivity index (χ4n) is 0.881. The Balaban J connectivity index is 3.13. The van der Waals surface area contributed by atoms with E-state index in [1.807, 2.05) is 13.8 Å². The highest BCUT2D eigenvalue weighted by Crippen LogP contribution is 2.20. The van der Waals surface area contributed by atoms with Crippen LogP contribution in [0.4, 0.5) is 4.39 Å². The second-order valence-corrected chi connectivity index (χ2v) is 3.79. The number of hydrogen-bond acceptors (Lipinski definition) is 0. The molecule has 0 bridgehead atoms. The van der Waals surface area contributed by atoms with Crippen LogP contribution in [-0.4, -0.2) is 0 Å². The Hall–Kier alpha value is -0.120. The molecule has 1 radical (unpaired) electrons. The molecule has 0 amide bonds. The summed E-state index contributed by atoms with van der Waals surface area (Å²) in [7, 11) is 0. The van der Waals surface area contributed by atoms with E-state index in [-0.39, 0.29) is 5.82 Å². The summed E-state index contributed by atoms with van der Waals surface area (Å²) in [5, 5.41) is 0.